The van der Waals surface area contributed by atoms with Crippen LogP contribution in [0.4, 0.5) is 0 Å². The number of fused-ring (bicyclic) bond motifs is 1. The molecule has 0 saturated heterocycles. The lowest BCUT2D eigenvalue weighted by Crippen LogP contribution is -2.28. The fourth-order valence-electron chi connectivity index (χ4n) is 4.70. The lowest BCUT2D eigenvalue weighted by Gasteiger charge is -2.19. The number of carbonyl (C=O) groups is 1. The van der Waals surface area contributed by atoms with E-state index in [4.69, 9.17) is 14.7 Å². The lowest BCUT2D eigenvalue weighted by molar-refractivity contribution is 0.0781. The number of aryl methyl sites for hydroxylation is 2. The van der Waals surface area contributed by atoms with Crippen LogP contribution in [0.15, 0.2) is 42.6 Å². The van der Waals surface area contributed by atoms with E-state index in [2.05, 4.69) is 37.3 Å². The quantitative estimate of drug-likeness (QED) is 0.258. The predicted octanol–water partition coefficient (Wildman–Crippen LogP) is 5.51. The molecule has 1 amide bonds. The second kappa shape index (κ2) is 12.4. The Kier molecular flexibility index (Phi) is 8.97. The number of aromatic nitrogens is 4. The van der Waals surface area contributed by atoms with Gasteiger partial charge in [-0.05, 0) is 82.6 Å². The van der Waals surface area contributed by atoms with E-state index in [0.29, 0.717) is 24.7 Å². The number of nitrogens with zero attached hydrogens (tertiary/aromatic N) is 5. The van der Waals surface area contributed by atoms with Crippen molar-refractivity contribution in [2.24, 2.45) is 0 Å². The number of ether oxygens (including phenoxy) is 1. The fraction of sp³-hybridized carbons (Fsp3) is 0.419. The van der Waals surface area contributed by atoms with Crippen molar-refractivity contribution in [2.75, 3.05) is 27.2 Å². The Morgan fingerprint density at radius 1 is 1.13 bits per heavy atom. The molecule has 0 aliphatic rings. The molecule has 0 fully saturated rings. The van der Waals surface area contributed by atoms with Gasteiger partial charge in [-0.2, -0.15) is 5.10 Å². The number of amides is 1. The predicted molar refractivity (Wildman–Crippen MR) is 156 cm³/mol. The normalized spacial score (nSPS) is 11.4. The highest BCUT2D eigenvalue weighted by molar-refractivity contribution is 6.05. The van der Waals surface area contributed by atoms with Crippen molar-refractivity contribution in [3.63, 3.8) is 0 Å². The summed E-state index contributed by atoms with van der Waals surface area (Å²) in [5, 5.41) is 8.34. The molecule has 39 heavy (non-hydrogen) atoms. The summed E-state index contributed by atoms with van der Waals surface area (Å²) in [5.74, 6) is 1.51. The van der Waals surface area contributed by atoms with Crippen LogP contribution in [0.25, 0.3) is 22.3 Å². The maximum Gasteiger partial charge on any atom is 0.273 e. The number of hydrogen-bond donors (Lipinski definition) is 1. The minimum absolute atomic E-state index is 0.147. The Labute approximate surface area is 231 Å². The second-order valence-electron chi connectivity index (χ2n) is 10.4. The van der Waals surface area contributed by atoms with Gasteiger partial charge in [0.25, 0.3) is 5.91 Å². The molecule has 0 atom stereocenters. The average molecular weight is 529 g/mol. The Morgan fingerprint density at radius 3 is 2.62 bits per heavy atom. The van der Waals surface area contributed by atoms with E-state index in [-0.39, 0.29) is 11.8 Å². The molecule has 4 rings (SSSR count). The summed E-state index contributed by atoms with van der Waals surface area (Å²) < 4.78 is 8.04. The van der Waals surface area contributed by atoms with Crippen molar-refractivity contribution in [2.45, 2.75) is 60.0 Å². The van der Waals surface area contributed by atoms with E-state index in [1.54, 1.807) is 4.90 Å². The van der Waals surface area contributed by atoms with Gasteiger partial charge in [-0.25, -0.2) is 9.97 Å². The van der Waals surface area contributed by atoms with Gasteiger partial charge >= 0.3 is 0 Å². The number of nitrogens with one attached hydrogen (secondary N) is 1. The summed E-state index contributed by atoms with van der Waals surface area (Å²) in [6.07, 6.45) is 2.77. The molecule has 0 aliphatic heterocycles. The van der Waals surface area contributed by atoms with E-state index < -0.39 is 0 Å². The fourth-order valence-corrected chi connectivity index (χ4v) is 4.70. The van der Waals surface area contributed by atoms with Crippen molar-refractivity contribution in [1.29, 1.82) is 0 Å². The van der Waals surface area contributed by atoms with Gasteiger partial charge in [0, 0.05) is 42.3 Å². The molecule has 0 bridgehead atoms. The van der Waals surface area contributed by atoms with Crippen LogP contribution in [0.2, 0.25) is 0 Å². The van der Waals surface area contributed by atoms with Crippen molar-refractivity contribution in [1.82, 2.24) is 30.0 Å². The smallest absolute Gasteiger partial charge is 0.273 e. The van der Waals surface area contributed by atoms with E-state index in [1.807, 2.05) is 69.2 Å². The van der Waals surface area contributed by atoms with Crippen molar-refractivity contribution in [3.8, 4) is 17.1 Å². The molecule has 206 valence electrons. The maximum atomic E-state index is 13.8. The summed E-state index contributed by atoms with van der Waals surface area (Å²) in [5.41, 5.74) is 6.25. The van der Waals surface area contributed by atoms with Crippen molar-refractivity contribution in [3.05, 3.63) is 70.7 Å². The largest absolute Gasteiger partial charge is 0.493 e. The zero-order valence-electron chi connectivity index (χ0n) is 24.2. The van der Waals surface area contributed by atoms with E-state index in [0.717, 1.165) is 64.1 Å². The molecule has 0 unspecified atom stereocenters. The molecule has 0 aliphatic carbocycles. The van der Waals surface area contributed by atoms with Crippen LogP contribution < -0.4 is 10.1 Å². The van der Waals surface area contributed by atoms with Gasteiger partial charge in [0.05, 0.1) is 18.3 Å². The van der Waals surface area contributed by atoms with Crippen molar-refractivity contribution >= 4 is 16.8 Å². The molecule has 8 heteroatoms. The maximum absolute atomic E-state index is 13.8. The summed E-state index contributed by atoms with van der Waals surface area (Å²) in [6.45, 7) is 13.2. The van der Waals surface area contributed by atoms with Crippen LogP contribution in [0, 0.1) is 13.8 Å². The first-order valence-electron chi connectivity index (χ1n) is 13.7. The zero-order valence-corrected chi connectivity index (χ0v) is 24.2. The van der Waals surface area contributed by atoms with Gasteiger partial charge in [0.2, 0.25) is 0 Å². The first kappa shape index (κ1) is 28.2. The molecule has 8 nitrogen and oxygen atoms in total. The SMILES string of the molecule is CCn1ncc(CN(C)C(=O)c2nc(-c3ccc(OCCCNC)c(C(C)C)c3)nc3ccc(C)cc23)c1C. The van der Waals surface area contributed by atoms with Crippen LogP contribution in [-0.2, 0) is 13.1 Å². The highest BCUT2D eigenvalue weighted by Crippen LogP contribution is 2.32. The molecule has 0 saturated carbocycles. The topological polar surface area (TPSA) is 85.2 Å². The van der Waals surface area contributed by atoms with Crippen LogP contribution in [0.5, 0.6) is 5.75 Å². The van der Waals surface area contributed by atoms with Gasteiger partial charge in [-0.15, -0.1) is 0 Å². The average Bonchev–Trinajstić information content (AvgIpc) is 3.28. The standard InChI is InChI=1S/C31H40N6O2/c1-8-37-22(5)24(18-33-37)19-36(7)31(38)29-26-16-21(4)10-12-27(26)34-30(35-29)23-11-13-28(25(17-23)20(2)3)39-15-9-14-32-6/h10-13,16-18,20,32H,8-9,14-15,19H2,1-7H3. The van der Waals surface area contributed by atoms with E-state index in [1.165, 1.54) is 0 Å². The summed E-state index contributed by atoms with van der Waals surface area (Å²) in [6, 6.07) is 12.0. The van der Waals surface area contributed by atoms with E-state index >= 15 is 0 Å². The first-order valence-corrected chi connectivity index (χ1v) is 13.7. The highest BCUT2D eigenvalue weighted by atomic mass is 16.5. The second-order valence-corrected chi connectivity index (χ2v) is 10.4. The first-order chi connectivity index (χ1) is 18.7. The van der Waals surface area contributed by atoms with Gasteiger partial charge in [-0.1, -0.05) is 25.5 Å². The summed E-state index contributed by atoms with van der Waals surface area (Å²) >= 11 is 0. The molecular formula is C31H40N6O2. The van der Waals surface area contributed by atoms with E-state index in [9.17, 15) is 4.79 Å². The molecule has 4 aromatic rings. The third kappa shape index (κ3) is 6.28. The minimum Gasteiger partial charge on any atom is -0.493 e. The highest BCUT2D eigenvalue weighted by Gasteiger charge is 2.22. The molecular weight excluding hydrogens is 488 g/mol. The van der Waals surface area contributed by atoms with Gasteiger partial charge in [0.15, 0.2) is 5.82 Å². The van der Waals surface area contributed by atoms with Gasteiger partial charge in [0.1, 0.15) is 11.4 Å². The third-order valence-electron chi connectivity index (χ3n) is 7.03. The third-order valence-corrected chi connectivity index (χ3v) is 7.03. The van der Waals surface area contributed by atoms with Gasteiger partial charge in [-0.3, -0.25) is 9.48 Å². The Balaban J connectivity index is 1.72. The number of benzene rings is 2. The molecule has 2 aromatic heterocycles. The molecule has 0 radical (unpaired) electrons. The minimum atomic E-state index is -0.147. The Hall–Kier alpha value is -3.78. The zero-order chi connectivity index (χ0) is 28.1. The van der Waals surface area contributed by atoms with Gasteiger partial charge < -0.3 is 15.0 Å². The lowest BCUT2D eigenvalue weighted by atomic mass is 9.99. The van der Waals surface area contributed by atoms with Crippen LogP contribution in [-0.4, -0.2) is 57.8 Å². The molecule has 1 N–H and O–H groups in total. The molecule has 2 heterocycles. The summed E-state index contributed by atoms with van der Waals surface area (Å²) in [7, 11) is 3.75. The number of hydrogen-bond acceptors (Lipinski definition) is 6. The molecule has 2 aromatic carbocycles. The van der Waals surface area contributed by atoms with Crippen LogP contribution in [0.1, 0.15) is 66.0 Å². The Bertz CT molecular complexity index is 1460. The van der Waals surface area contributed by atoms with Crippen molar-refractivity contribution < 1.29 is 9.53 Å². The Morgan fingerprint density at radius 2 is 1.92 bits per heavy atom. The molecule has 0 spiro atoms. The van der Waals surface area contributed by atoms with Crippen LogP contribution in [0.3, 0.4) is 0 Å². The van der Waals surface area contributed by atoms with Crippen LogP contribution >= 0.6 is 0 Å². The summed E-state index contributed by atoms with van der Waals surface area (Å²) in [4.78, 5) is 25.3. The monoisotopic (exact) mass is 528 g/mol. The number of rotatable bonds is 11. The number of carbonyl (C=O) groups excluding carboxylic acids is 1.